The topological polar surface area (TPSA) is 55.2 Å². The molecule has 1 atom stereocenters. The number of anilines is 1. The standard InChI is InChI=1S/C15H15FN2O2/c1-10-7-8-12(9-15(10)18(19)20)17-11(2)13-5-3-4-6-14(13)16/h3-9,11,17H,1-2H3. The highest BCUT2D eigenvalue weighted by atomic mass is 19.1. The highest BCUT2D eigenvalue weighted by molar-refractivity contribution is 5.55. The summed E-state index contributed by atoms with van der Waals surface area (Å²) in [6.45, 7) is 3.49. The molecule has 1 N–H and O–H groups in total. The minimum Gasteiger partial charge on any atom is -0.378 e. The van der Waals surface area contributed by atoms with Crippen molar-refractivity contribution in [3.63, 3.8) is 0 Å². The SMILES string of the molecule is Cc1ccc(NC(C)c2ccccc2F)cc1[N+](=O)[O-]. The average molecular weight is 274 g/mol. The second-order valence-electron chi connectivity index (χ2n) is 4.65. The number of nitro groups is 1. The van der Waals surface area contributed by atoms with Crippen LogP contribution in [0.2, 0.25) is 0 Å². The molecule has 0 saturated carbocycles. The molecule has 5 heteroatoms. The van der Waals surface area contributed by atoms with Gasteiger partial charge < -0.3 is 5.32 Å². The van der Waals surface area contributed by atoms with E-state index in [1.807, 2.05) is 6.92 Å². The van der Waals surface area contributed by atoms with Gasteiger partial charge in [-0.25, -0.2) is 4.39 Å². The van der Waals surface area contributed by atoms with E-state index in [0.717, 1.165) is 0 Å². The monoisotopic (exact) mass is 274 g/mol. The third-order valence-electron chi connectivity index (χ3n) is 3.16. The van der Waals surface area contributed by atoms with Gasteiger partial charge in [0.05, 0.1) is 11.0 Å². The predicted molar refractivity (Wildman–Crippen MR) is 76.3 cm³/mol. The largest absolute Gasteiger partial charge is 0.378 e. The average Bonchev–Trinajstić information content (AvgIpc) is 2.41. The van der Waals surface area contributed by atoms with Crippen molar-refractivity contribution in [3.8, 4) is 0 Å². The summed E-state index contributed by atoms with van der Waals surface area (Å²) < 4.78 is 13.7. The van der Waals surface area contributed by atoms with Crippen molar-refractivity contribution in [1.82, 2.24) is 0 Å². The maximum atomic E-state index is 13.7. The smallest absolute Gasteiger partial charge is 0.274 e. The summed E-state index contributed by atoms with van der Waals surface area (Å²) in [5, 5.41) is 14.0. The molecule has 0 radical (unpaired) electrons. The Bertz CT molecular complexity index is 644. The molecule has 0 aliphatic carbocycles. The van der Waals surface area contributed by atoms with Gasteiger partial charge >= 0.3 is 0 Å². The molecule has 20 heavy (non-hydrogen) atoms. The van der Waals surface area contributed by atoms with Crippen LogP contribution in [0.25, 0.3) is 0 Å². The summed E-state index contributed by atoms with van der Waals surface area (Å²) in [4.78, 5) is 10.5. The molecule has 4 nitrogen and oxygen atoms in total. The number of nitro benzene ring substituents is 1. The van der Waals surface area contributed by atoms with Crippen molar-refractivity contribution in [3.05, 3.63) is 69.5 Å². The van der Waals surface area contributed by atoms with Crippen molar-refractivity contribution in [2.24, 2.45) is 0 Å². The fourth-order valence-corrected chi connectivity index (χ4v) is 2.05. The van der Waals surface area contributed by atoms with Crippen LogP contribution in [0.1, 0.15) is 24.1 Å². The molecule has 0 heterocycles. The summed E-state index contributed by atoms with van der Waals surface area (Å²) in [6, 6.07) is 11.1. The van der Waals surface area contributed by atoms with Gasteiger partial charge in [0.25, 0.3) is 5.69 Å². The van der Waals surface area contributed by atoms with Crippen LogP contribution in [0.5, 0.6) is 0 Å². The Morgan fingerprint density at radius 1 is 1.25 bits per heavy atom. The lowest BCUT2D eigenvalue weighted by atomic mass is 10.1. The minimum atomic E-state index is -0.422. The van der Waals surface area contributed by atoms with Crippen molar-refractivity contribution in [2.45, 2.75) is 19.9 Å². The van der Waals surface area contributed by atoms with Gasteiger partial charge in [0, 0.05) is 22.9 Å². The van der Waals surface area contributed by atoms with E-state index >= 15 is 0 Å². The Kier molecular flexibility index (Phi) is 3.98. The molecule has 0 fully saturated rings. The van der Waals surface area contributed by atoms with Crippen LogP contribution in [0, 0.1) is 22.9 Å². The second-order valence-corrected chi connectivity index (χ2v) is 4.65. The zero-order valence-electron chi connectivity index (χ0n) is 11.3. The van der Waals surface area contributed by atoms with E-state index in [0.29, 0.717) is 16.8 Å². The summed E-state index contributed by atoms with van der Waals surface area (Å²) in [5.74, 6) is -0.297. The molecule has 1 unspecified atom stereocenters. The normalized spacial score (nSPS) is 11.9. The van der Waals surface area contributed by atoms with Crippen LogP contribution in [0.15, 0.2) is 42.5 Å². The fraction of sp³-hybridized carbons (Fsp3) is 0.200. The first-order valence-corrected chi connectivity index (χ1v) is 6.25. The van der Waals surface area contributed by atoms with Gasteiger partial charge in [-0.3, -0.25) is 10.1 Å². The highest BCUT2D eigenvalue weighted by Gasteiger charge is 2.14. The highest BCUT2D eigenvalue weighted by Crippen LogP contribution is 2.26. The van der Waals surface area contributed by atoms with Crippen LogP contribution in [0.3, 0.4) is 0 Å². The van der Waals surface area contributed by atoms with Gasteiger partial charge in [-0.1, -0.05) is 24.3 Å². The van der Waals surface area contributed by atoms with Crippen molar-refractivity contribution >= 4 is 11.4 Å². The number of aryl methyl sites for hydroxylation is 1. The van der Waals surface area contributed by atoms with Gasteiger partial charge in [0.1, 0.15) is 5.82 Å². The Labute approximate surface area is 116 Å². The molecule has 0 aliphatic rings. The molecule has 0 spiro atoms. The Morgan fingerprint density at radius 3 is 2.60 bits per heavy atom. The lowest BCUT2D eigenvalue weighted by molar-refractivity contribution is -0.385. The van der Waals surface area contributed by atoms with Crippen LogP contribution in [-0.4, -0.2) is 4.92 Å². The molecule has 0 saturated heterocycles. The molecule has 0 aromatic heterocycles. The quantitative estimate of drug-likeness (QED) is 0.671. The van der Waals surface area contributed by atoms with E-state index in [9.17, 15) is 14.5 Å². The lowest BCUT2D eigenvalue weighted by Gasteiger charge is -2.16. The van der Waals surface area contributed by atoms with E-state index in [1.54, 1.807) is 37.3 Å². The molecule has 0 bridgehead atoms. The molecule has 0 aliphatic heterocycles. The third-order valence-corrected chi connectivity index (χ3v) is 3.16. The zero-order valence-corrected chi connectivity index (χ0v) is 11.3. The maximum Gasteiger partial charge on any atom is 0.274 e. The Morgan fingerprint density at radius 2 is 1.95 bits per heavy atom. The number of hydrogen-bond donors (Lipinski definition) is 1. The summed E-state index contributed by atoms with van der Waals surface area (Å²) >= 11 is 0. The first kappa shape index (κ1) is 14.0. The van der Waals surface area contributed by atoms with Gasteiger partial charge in [-0.2, -0.15) is 0 Å². The molecule has 2 aromatic carbocycles. The Hall–Kier alpha value is -2.43. The van der Waals surface area contributed by atoms with Gasteiger partial charge in [-0.05, 0) is 26.0 Å². The van der Waals surface area contributed by atoms with E-state index in [2.05, 4.69) is 5.32 Å². The number of benzene rings is 2. The van der Waals surface area contributed by atoms with Crippen molar-refractivity contribution < 1.29 is 9.31 Å². The fourth-order valence-electron chi connectivity index (χ4n) is 2.05. The van der Waals surface area contributed by atoms with E-state index in [1.165, 1.54) is 12.1 Å². The molecular formula is C15H15FN2O2. The number of halogens is 1. The molecule has 0 amide bonds. The lowest BCUT2D eigenvalue weighted by Crippen LogP contribution is -2.08. The van der Waals surface area contributed by atoms with E-state index in [4.69, 9.17) is 0 Å². The van der Waals surface area contributed by atoms with Crippen LogP contribution in [-0.2, 0) is 0 Å². The van der Waals surface area contributed by atoms with E-state index < -0.39 is 4.92 Å². The summed E-state index contributed by atoms with van der Waals surface area (Å²) in [5.41, 5.74) is 1.77. The van der Waals surface area contributed by atoms with Gasteiger partial charge in [0.15, 0.2) is 0 Å². The number of hydrogen-bond acceptors (Lipinski definition) is 3. The van der Waals surface area contributed by atoms with Crippen LogP contribution < -0.4 is 5.32 Å². The zero-order chi connectivity index (χ0) is 14.7. The summed E-state index contributed by atoms with van der Waals surface area (Å²) in [6.07, 6.45) is 0. The first-order valence-electron chi connectivity index (χ1n) is 6.25. The number of nitrogens with one attached hydrogen (secondary N) is 1. The Balaban J connectivity index is 2.24. The van der Waals surface area contributed by atoms with Crippen LogP contribution >= 0.6 is 0 Å². The second kappa shape index (κ2) is 5.69. The summed E-state index contributed by atoms with van der Waals surface area (Å²) in [7, 11) is 0. The first-order chi connectivity index (χ1) is 9.49. The van der Waals surface area contributed by atoms with E-state index in [-0.39, 0.29) is 17.5 Å². The van der Waals surface area contributed by atoms with Crippen molar-refractivity contribution in [2.75, 3.05) is 5.32 Å². The van der Waals surface area contributed by atoms with Crippen molar-refractivity contribution in [1.29, 1.82) is 0 Å². The number of rotatable bonds is 4. The predicted octanol–water partition coefficient (Wildman–Crippen LogP) is 4.22. The number of nitrogens with zero attached hydrogens (tertiary/aromatic N) is 1. The molecular weight excluding hydrogens is 259 g/mol. The third kappa shape index (κ3) is 2.93. The van der Waals surface area contributed by atoms with Crippen LogP contribution in [0.4, 0.5) is 15.8 Å². The maximum absolute atomic E-state index is 13.7. The molecule has 104 valence electrons. The minimum absolute atomic E-state index is 0.0516. The molecule has 2 rings (SSSR count). The van der Waals surface area contributed by atoms with Gasteiger partial charge in [0.2, 0.25) is 0 Å². The molecule has 2 aromatic rings. The van der Waals surface area contributed by atoms with Gasteiger partial charge in [-0.15, -0.1) is 0 Å².